The van der Waals surface area contributed by atoms with Crippen LogP contribution in [0.1, 0.15) is 25.5 Å². The molecule has 5 nitrogen and oxygen atoms in total. The summed E-state index contributed by atoms with van der Waals surface area (Å²) in [6.45, 7) is 3.23. The minimum absolute atomic E-state index is 0.154. The number of nitrogens with two attached hydrogens (primary N) is 1. The van der Waals surface area contributed by atoms with Crippen LogP contribution in [-0.2, 0) is 17.9 Å². The molecule has 0 bridgehead atoms. The van der Waals surface area contributed by atoms with Gasteiger partial charge in [-0.25, -0.2) is 4.98 Å². The second-order valence-electron chi connectivity index (χ2n) is 4.52. The Kier molecular flexibility index (Phi) is 3.24. The first-order valence-corrected chi connectivity index (χ1v) is 5.68. The number of rotatable bonds is 6. The number of aromatic nitrogens is 2. The van der Waals surface area contributed by atoms with Gasteiger partial charge in [-0.2, -0.15) is 0 Å². The van der Waals surface area contributed by atoms with Crippen LogP contribution in [0, 0.1) is 5.92 Å². The lowest BCUT2D eigenvalue weighted by Gasteiger charge is -2.06. The van der Waals surface area contributed by atoms with E-state index >= 15 is 0 Å². The third-order valence-electron chi connectivity index (χ3n) is 2.81. The highest BCUT2D eigenvalue weighted by molar-refractivity contribution is 5.76. The van der Waals surface area contributed by atoms with Crippen molar-refractivity contribution in [3.63, 3.8) is 0 Å². The Morgan fingerprint density at radius 1 is 1.75 bits per heavy atom. The predicted octanol–water partition coefficient (Wildman–Crippen LogP) is 0.256. The van der Waals surface area contributed by atoms with Crippen molar-refractivity contribution < 1.29 is 4.79 Å². The van der Waals surface area contributed by atoms with Gasteiger partial charge < -0.3 is 15.6 Å². The van der Waals surface area contributed by atoms with Gasteiger partial charge in [-0.3, -0.25) is 4.79 Å². The van der Waals surface area contributed by atoms with Crippen LogP contribution in [0.2, 0.25) is 0 Å². The van der Waals surface area contributed by atoms with E-state index in [4.69, 9.17) is 5.73 Å². The fraction of sp³-hybridized carbons (Fsp3) is 0.636. The quantitative estimate of drug-likeness (QED) is 0.725. The second kappa shape index (κ2) is 4.65. The molecule has 0 aromatic carbocycles. The van der Waals surface area contributed by atoms with Gasteiger partial charge in [0.1, 0.15) is 0 Å². The summed E-state index contributed by atoms with van der Waals surface area (Å²) in [6.07, 6.45) is 6.27. The molecule has 0 saturated heterocycles. The van der Waals surface area contributed by atoms with Gasteiger partial charge in [0.05, 0.1) is 17.9 Å². The molecule has 0 aliphatic heterocycles. The number of hydrogen-bond donors (Lipinski definition) is 2. The van der Waals surface area contributed by atoms with Crippen LogP contribution in [0.25, 0.3) is 0 Å². The van der Waals surface area contributed by atoms with Crippen molar-refractivity contribution in [3.8, 4) is 0 Å². The van der Waals surface area contributed by atoms with Crippen molar-refractivity contribution >= 4 is 5.91 Å². The maximum Gasteiger partial charge on any atom is 0.222 e. The van der Waals surface area contributed by atoms with E-state index in [1.807, 2.05) is 17.7 Å². The van der Waals surface area contributed by atoms with Crippen molar-refractivity contribution in [3.05, 3.63) is 18.2 Å². The summed E-state index contributed by atoms with van der Waals surface area (Å²) in [4.78, 5) is 15.2. The van der Waals surface area contributed by atoms with Gasteiger partial charge >= 0.3 is 0 Å². The van der Waals surface area contributed by atoms with E-state index in [1.165, 1.54) is 12.8 Å². The summed E-state index contributed by atoms with van der Waals surface area (Å²) in [5.74, 6) is -0.426. The second-order valence-corrected chi connectivity index (χ2v) is 4.52. The van der Waals surface area contributed by atoms with Gasteiger partial charge in [0.25, 0.3) is 0 Å². The van der Waals surface area contributed by atoms with Crippen LogP contribution in [0.4, 0.5) is 0 Å². The van der Waals surface area contributed by atoms with Crippen molar-refractivity contribution in [1.29, 1.82) is 0 Å². The Labute approximate surface area is 95.0 Å². The molecular weight excluding hydrogens is 204 g/mol. The summed E-state index contributed by atoms with van der Waals surface area (Å²) in [5.41, 5.74) is 6.23. The lowest BCUT2D eigenvalue weighted by Crippen LogP contribution is -2.24. The molecule has 3 N–H and O–H groups in total. The van der Waals surface area contributed by atoms with Crippen LogP contribution >= 0.6 is 0 Å². The molecule has 1 unspecified atom stereocenters. The van der Waals surface area contributed by atoms with Gasteiger partial charge in [0.15, 0.2) is 0 Å². The minimum Gasteiger partial charge on any atom is -0.369 e. The third kappa shape index (κ3) is 3.06. The number of primary amides is 1. The van der Waals surface area contributed by atoms with E-state index in [1.54, 1.807) is 6.33 Å². The molecule has 1 saturated carbocycles. The molecule has 88 valence electrons. The van der Waals surface area contributed by atoms with Gasteiger partial charge in [-0.15, -0.1) is 0 Å². The summed E-state index contributed by atoms with van der Waals surface area (Å²) < 4.78 is 1.92. The summed E-state index contributed by atoms with van der Waals surface area (Å²) in [6, 6.07) is 0.690. The zero-order valence-electron chi connectivity index (χ0n) is 9.52. The lowest BCUT2D eigenvalue weighted by atomic mass is 10.2. The Balaban J connectivity index is 1.83. The SMILES string of the molecule is CC(Cn1cnc(CNC2CC2)c1)C(N)=O. The Morgan fingerprint density at radius 2 is 2.50 bits per heavy atom. The molecule has 0 radical (unpaired) electrons. The Hall–Kier alpha value is -1.36. The van der Waals surface area contributed by atoms with Crippen molar-refractivity contribution in [1.82, 2.24) is 14.9 Å². The number of amides is 1. The lowest BCUT2D eigenvalue weighted by molar-refractivity contribution is -0.121. The van der Waals surface area contributed by atoms with Crippen molar-refractivity contribution in [2.75, 3.05) is 0 Å². The molecule has 1 aromatic rings. The number of imidazole rings is 1. The minimum atomic E-state index is -0.272. The number of carbonyl (C=O) groups excluding carboxylic acids is 1. The highest BCUT2D eigenvalue weighted by Gasteiger charge is 2.20. The average molecular weight is 222 g/mol. The highest BCUT2D eigenvalue weighted by atomic mass is 16.1. The molecular formula is C11H18N4O. The van der Waals surface area contributed by atoms with E-state index in [0.29, 0.717) is 12.6 Å². The third-order valence-corrected chi connectivity index (χ3v) is 2.81. The molecule has 1 aromatic heterocycles. The number of nitrogens with one attached hydrogen (secondary N) is 1. The molecule has 1 amide bonds. The molecule has 1 aliphatic rings. The van der Waals surface area contributed by atoms with Crippen molar-refractivity contribution in [2.24, 2.45) is 11.7 Å². The molecule has 16 heavy (non-hydrogen) atoms. The van der Waals surface area contributed by atoms with E-state index in [2.05, 4.69) is 10.3 Å². The molecule has 5 heteroatoms. The van der Waals surface area contributed by atoms with Gasteiger partial charge in [0, 0.05) is 25.3 Å². The first-order chi connectivity index (χ1) is 7.65. The van der Waals surface area contributed by atoms with Crippen LogP contribution < -0.4 is 11.1 Å². The largest absolute Gasteiger partial charge is 0.369 e. The highest BCUT2D eigenvalue weighted by Crippen LogP contribution is 2.19. The predicted molar refractivity (Wildman–Crippen MR) is 60.4 cm³/mol. The molecule has 1 fully saturated rings. The summed E-state index contributed by atoms with van der Waals surface area (Å²) >= 11 is 0. The number of nitrogens with zero attached hydrogens (tertiary/aromatic N) is 2. The van der Waals surface area contributed by atoms with E-state index < -0.39 is 0 Å². The first-order valence-electron chi connectivity index (χ1n) is 5.68. The fourth-order valence-electron chi connectivity index (χ4n) is 1.54. The zero-order chi connectivity index (χ0) is 11.5. The smallest absolute Gasteiger partial charge is 0.222 e. The number of hydrogen-bond acceptors (Lipinski definition) is 3. The maximum absolute atomic E-state index is 10.9. The molecule has 1 aliphatic carbocycles. The van der Waals surface area contributed by atoms with E-state index in [0.717, 1.165) is 12.2 Å². The van der Waals surface area contributed by atoms with Gasteiger partial charge in [-0.05, 0) is 12.8 Å². The first kappa shape index (κ1) is 11.1. The van der Waals surface area contributed by atoms with Crippen LogP contribution in [0.3, 0.4) is 0 Å². The monoisotopic (exact) mass is 222 g/mol. The van der Waals surface area contributed by atoms with E-state index in [-0.39, 0.29) is 11.8 Å². The zero-order valence-corrected chi connectivity index (χ0v) is 9.52. The molecule has 2 rings (SSSR count). The average Bonchev–Trinajstić information content (AvgIpc) is 2.97. The Bertz CT molecular complexity index is 370. The molecule has 0 spiro atoms. The van der Waals surface area contributed by atoms with Crippen LogP contribution in [0.15, 0.2) is 12.5 Å². The fourth-order valence-corrected chi connectivity index (χ4v) is 1.54. The molecule has 1 atom stereocenters. The topological polar surface area (TPSA) is 72.9 Å². The van der Waals surface area contributed by atoms with Crippen LogP contribution in [0.5, 0.6) is 0 Å². The summed E-state index contributed by atoms with van der Waals surface area (Å²) in [7, 11) is 0. The van der Waals surface area contributed by atoms with Crippen LogP contribution in [-0.4, -0.2) is 21.5 Å². The van der Waals surface area contributed by atoms with Gasteiger partial charge in [0.2, 0.25) is 5.91 Å². The van der Waals surface area contributed by atoms with Gasteiger partial charge in [-0.1, -0.05) is 6.92 Å². The maximum atomic E-state index is 10.9. The Morgan fingerprint density at radius 3 is 3.12 bits per heavy atom. The van der Waals surface area contributed by atoms with E-state index in [9.17, 15) is 4.79 Å². The number of carbonyl (C=O) groups is 1. The normalized spacial score (nSPS) is 17.3. The standard InChI is InChI=1S/C11H18N4O/c1-8(11(12)16)5-15-6-10(14-7-15)4-13-9-2-3-9/h6-9,13H,2-5H2,1H3,(H2,12,16). The molecule has 1 heterocycles. The summed E-state index contributed by atoms with van der Waals surface area (Å²) in [5, 5.41) is 3.39. The van der Waals surface area contributed by atoms with Crippen molar-refractivity contribution in [2.45, 2.75) is 38.9 Å².